The molecule has 0 bridgehead atoms. The van der Waals surface area contributed by atoms with Crippen LogP contribution in [0.5, 0.6) is 0 Å². The highest BCUT2D eigenvalue weighted by atomic mass is 35.5. The lowest BCUT2D eigenvalue weighted by Gasteiger charge is -2.36. The van der Waals surface area contributed by atoms with Gasteiger partial charge < -0.3 is 20.6 Å². The lowest BCUT2D eigenvalue weighted by Crippen LogP contribution is -2.63. The average Bonchev–Trinajstić information content (AvgIpc) is 2.49. The summed E-state index contributed by atoms with van der Waals surface area (Å²) in [6.07, 6.45) is -0.518. The maximum absolute atomic E-state index is 12.2. The number of likely N-dealkylation sites (N-methyl/N-ethyl adjacent to an activating group) is 1. The van der Waals surface area contributed by atoms with E-state index in [1.165, 1.54) is 6.92 Å². The predicted octanol–water partition coefficient (Wildman–Crippen LogP) is -0.0533. The van der Waals surface area contributed by atoms with E-state index in [9.17, 15) is 14.7 Å². The van der Waals surface area contributed by atoms with E-state index >= 15 is 0 Å². The van der Waals surface area contributed by atoms with Gasteiger partial charge in [-0.1, -0.05) is 30.3 Å². The molecule has 1 fully saturated rings. The number of benzene rings is 1. The number of piperazine rings is 1. The molecule has 1 aliphatic rings. The fourth-order valence-corrected chi connectivity index (χ4v) is 2.71. The molecule has 0 spiro atoms. The second kappa shape index (κ2) is 8.86. The molecule has 3 N–H and O–H groups in total. The molecule has 128 valence electrons. The van der Waals surface area contributed by atoms with Crippen molar-refractivity contribution in [3.63, 3.8) is 0 Å². The van der Waals surface area contributed by atoms with E-state index in [0.717, 1.165) is 5.56 Å². The van der Waals surface area contributed by atoms with Gasteiger partial charge in [-0.2, -0.15) is 0 Å². The number of aliphatic hydroxyl groups is 1. The minimum absolute atomic E-state index is 0. The topological polar surface area (TPSA) is 81.7 Å². The fraction of sp³-hybridized carbons (Fsp3) is 0.500. The maximum Gasteiger partial charge on any atom is 0.242 e. The predicted molar refractivity (Wildman–Crippen MR) is 90.4 cm³/mol. The Kier molecular flexibility index (Phi) is 7.48. The minimum atomic E-state index is -0.987. The van der Waals surface area contributed by atoms with Gasteiger partial charge in [-0.3, -0.25) is 9.59 Å². The number of aliphatic hydroxyl groups excluding tert-OH is 1. The Bertz CT molecular complexity index is 527. The van der Waals surface area contributed by atoms with E-state index in [1.807, 2.05) is 30.3 Å². The first kappa shape index (κ1) is 19.4. The van der Waals surface area contributed by atoms with Gasteiger partial charge >= 0.3 is 0 Å². The third kappa shape index (κ3) is 5.20. The summed E-state index contributed by atoms with van der Waals surface area (Å²) in [5.74, 6) is -0.376. The van der Waals surface area contributed by atoms with Crippen molar-refractivity contribution in [3.8, 4) is 0 Å². The van der Waals surface area contributed by atoms with Crippen LogP contribution in [0.1, 0.15) is 12.5 Å². The van der Waals surface area contributed by atoms with Gasteiger partial charge in [0.05, 0.1) is 12.1 Å². The van der Waals surface area contributed by atoms with E-state index in [-0.39, 0.29) is 24.2 Å². The third-order valence-corrected chi connectivity index (χ3v) is 3.89. The van der Waals surface area contributed by atoms with Gasteiger partial charge in [0.2, 0.25) is 11.8 Å². The van der Waals surface area contributed by atoms with Crippen molar-refractivity contribution in [1.82, 2.24) is 15.5 Å². The number of carbonyl (C=O) groups is 2. The van der Waals surface area contributed by atoms with E-state index in [1.54, 1.807) is 11.9 Å². The largest absolute Gasteiger partial charge is 0.389 e. The van der Waals surface area contributed by atoms with Gasteiger partial charge in [0.25, 0.3) is 0 Å². The van der Waals surface area contributed by atoms with E-state index in [0.29, 0.717) is 19.5 Å². The van der Waals surface area contributed by atoms with Gasteiger partial charge in [0.15, 0.2) is 0 Å². The second-order valence-electron chi connectivity index (χ2n) is 5.68. The molecule has 2 amide bonds. The van der Waals surface area contributed by atoms with Gasteiger partial charge in [-0.05, 0) is 12.0 Å². The summed E-state index contributed by atoms with van der Waals surface area (Å²) in [5.41, 5.74) is 0.997. The Hall–Kier alpha value is -1.63. The minimum Gasteiger partial charge on any atom is -0.389 e. The summed E-state index contributed by atoms with van der Waals surface area (Å²) in [4.78, 5) is 25.2. The first-order chi connectivity index (χ1) is 10.5. The summed E-state index contributed by atoms with van der Waals surface area (Å²) < 4.78 is 0. The molecule has 0 saturated carbocycles. The highest BCUT2D eigenvalue weighted by molar-refractivity contribution is 5.85. The first-order valence-corrected chi connectivity index (χ1v) is 7.46. The smallest absolute Gasteiger partial charge is 0.242 e. The number of hydrogen-bond donors (Lipinski definition) is 3. The third-order valence-electron chi connectivity index (χ3n) is 3.89. The van der Waals surface area contributed by atoms with Crippen molar-refractivity contribution in [2.75, 3.05) is 20.1 Å². The molecule has 0 aliphatic carbocycles. The molecule has 3 atom stereocenters. The monoisotopic (exact) mass is 341 g/mol. The molecule has 0 aromatic heterocycles. The van der Waals surface area contributed by atoms with Gasteiger partial charge in [-0.15, -0.1) is 12.4 Å². The zero-order valence-electron chi connectivity index (χ0n) is 13.4. The Balaban J connectivity index is 0.00000264. The van der Waals surface area contributed by atoms with Crippen LogP contribution in [0.2, 0.25) is 0 Å². The quantitative estimate of drug-likeness (QED) is 0.701. The number of hydrogen-bond acceptors (Lipinski definition) is 4. The summed E-state index contributed by atoms with van der Waals surface area (Å²) in [7, 11) is 1.72. The molecule has 1 aromatic carbocycles. The maximum atomic E-state index is 12.2. The highest BCUT2D eigenvalue weighted by Crippen LogP contribution is 2.12. The van der Waals surface area contributed by atoms with Gasteiger partial charge in [0, 0.05) is 27.1 Å². The molecule has 1 heterocycles. The molecular weight excluding hydrogens is 318 g/mol. The van der Waals surface area contributed by atoms with Crippen molar-refractivity contribution in [1.29, 1.82) is 0 Å². The zero-order valence-corrected chi connectivity index (χ0v) is 14.2. The van der Waals surface area contributed by atoms with Crippen LogP contribution < -0.4 is 10.6 Å². The Morgan fingerprint density at radius 2 is 2.09 bits per heavy atom. The molecule has 1 aliphatic heterocycles. The van der Waals surface area contributed by atoms with E-state index in [4.69, 9.17) is 0 Å². The van der Waals surface area contributed by atoms with Crippen molar-refractivity contribution in [2.24, 2.45) is 0 Å². The molecule has 2 unspecified atom stereocenters. The standard InChI is InChI=1S/C16H23N3O3.ClH/c1-11(20)18-13(10-12-6-4-3-5-7-12)15(21)14-16(22)19(2)9-8-17-14;/h3-7,13-15,17,21H,8-10H2,1-2H3,(H,18,20);1H/t13-,14?,15?;/m0./s1. The van der Waals surface area contributed by atoms with Crippen LogP contribution in [0.4, 0.5) is 0 Å². The van der Waals surface area contributed by atoms with Crippen LogP contribution in [0, 0.1) is 0 Å². The molecule has 2 rings (SSSR count). The second-order valence-corrected chi connectivity index (χ2v) is 5.68. The number of nitrogens with zero attached hydrogens (tertiary/aromatic N) is 1. The average molecular weight is 342 g/mol. The number of rotatable bonds is 5. The fourth-order valence-electron chi connectivity index (χ4n) is 2.71. The first-order valence-electron chi connectivity index (χ1n) is 7.46. The number of carbonyl (C=O) groups excluding carboxylic acids is 2. The van der Waals surface area contributed by atoms with Crippen molar-refractivity contribution >= 4 is 24.2 Å². The molecule has 23 heavy (non-hydrogen) atoms. The van der Waals surface area contributed by atoms with Gasteiger partial charge in [-0.25, -0.2) is 0 Å². The van der Waals surface area contributed by atoms with Gasteiger partial charge in [0.1, 0.15) is 6.04 Å². The lowest BCUT2D eigenvalue weighted by molar-refractivity contribution is -0.138. The van der Waals surface area contributed by atoms with Crippen LogP contribution in [0.15, 0.2) is 30.3 Å². The highest BCUT2D eigenvalue weighted by Gasteiger charge is 2.36. The summed E-state index contributed by atoms with van der Waals surface area (Å²) >= 11 is 0. The Morgan fingerprint density at radius 1 is 1.43 bits per heavy atom. The molecule has 7 heteroatoms. The molecule has 6 nitrogen and oxygen atoms in total. The molecule has 1 aromatic rings. The molecule has 1 saturated heterocycles. The van der Waals surface area contributed by atoms with Crippen LogP contribution >= 0.6 is 12.4 Å². The SMILES string of the molecule is CC(=O)N[C@@H](Cc1ccccc1)C(O)C1NCCN(C)C1=O.Cl. The van der Waals surface area contributed by atoms with Crippen molar-refractivity contribution < 1.29 is 14.7 Å². The molecule has 0 radical (unpaired) electrons. The Labute approximate surface area is 142 Å². The van der Waals surface area contributed by atoms with E-state index < -0.39 is 18.2 Å². The van der Waals surface area contributed by atoms with E-state index in [2.05, 4.69) is 10.6 Å². The summed E-state index contributed by atoms with van der Waals surface area (Å²) in [6.45, 7) is 2.65. The van der Waals surface area contributed by atoms with Crippen molar-refractivity contribution in [2.45, 2.75) is 31.5 Å². The van der Waals surface area contributed by atoms with Crippen LogP contribution in [-0.2, 0) is 16.0 Å². The van der Waals surface area contributed by atoms with Crippen LogP contribution in [0.3, 0.4) is 0 Å². The van der Waals surface area contributed by atoms with Crippen LogP contribution in [0.25, 0.3) is 0 Å². The lowest BCUT2D eigenvalue weighted by atomic mass is 9.94. The molecular formula is C16H24ClN3O3. The zero-order chi connectivity index (χ0) is 16.1. The Morgan fingerprint density at radius 3 is 2.70 bits per heavy atom. The number of amides is 2. The number of halogens is 1. The summed E-state index contributed by atoms with van der Waals surface area (Å²) in [5, 5.41) is 16.4. The summed E-state index contributed by atoms with van der Waals surface area (Å²) in [6, 6.07) is 8.38. The van der Waals surface area contributed by atoms with Crippen molar-refractivity contribution in [3.05, 3.63) is 35.9 Å². The normalized spacial score (nSPS) is 20.4. The number of nitrogens with one attached hydrogen (secondary N) is 2. The van der Waals surface area contributed by atoms with Crippen LogP contribution in [-0.4, -0.2) is 60.1 Å².